The average molecular weight is 291 g/mol. The highest BCUT2D eigenvalue weighted by molar-refractivity contribution is 6.41. The maximum atomic E-state index is 11.7. The molecule has 0 spiro atoms. The fourth-order valence-corrected chi connectivity index (χ4v) is 1.21. The molecule has 1 rings (SSSR count). The highest BCUT2D eigenvalue weighted by Crippen LogP contribution is 2.15. The zero-order chi connectivity index (χ0) is 13.1. The second-order valence-corrected chi connectivity index (χ2v) is 3.79. The first-order valence-electron chi connectivity index (χ1n) is 4.37. The zero-order valence-corrected chi connectivity index (χ0v) is 9.81. The standard InChI is InChI=1S/C8H7Cl2F3N2O2/c9-5-3-14-15(7(16)6(5)10)1-2-17-4-8(11,12)13/h3H,1-2,4H2. The molecule has 0 amide bonds. The van der Waals surface area contributed by atoms with Crippen molar-refractivity contribution in [2.75, 3.05) is 13.2 Å². The van der Waals surface area contributed by atoms with Crippen molar-refractivity contribution in [1.82, 2.24) is 9.78 Å². The first-order chi connectivity index (χ1) is 7.81. The summed E-state index contributed by atoms with van der Waals surface area (Å²) in [4.78, 5) is 11.4. The Morgan fingerprint density at radius 1 is 1.41 bits per heavy atom. The average Bonchev–Trinajstić information content (AvgIpc) is 2.22. The summed E-state index contributed by atoms with van der Waals surface area (Å²) >= 11 is 11.1. The summed E-state index contributed by atoms with van der Waals surface area (Å²) in [5.41, 5.74) is -0.672. The van der Waals surface area contributed by atoms with Gasteiger partial charge in [0.15, 0.2) is 0 Å². The quantitative estimate of drug-likeness (QED) is 0.798. The second kappa shape index (κ2) is 5.70. The minimum Gasteiger partial charge on any atom is -0.370 e. The van der Waals surface area contributed by atoms with Crippen LogP contribution in [0.5, 0.6) is 0 Å². The Morgan fingerprint density at radius 2 is 2.06 bits per heavy atom. The lowest BCUT2D eigenvalue weighted by Crippen LogP contribution is -2.26. The lowest BCUT2D eigenvalue weighted by Gasteiger charge is -2.08. The van der Waals surface area contributed by atoms with E-state index in [0.29, 0.717) is 0 Å². The van der Waals surface area contributed by atoms with Crippen molar-refractivity contribution < 1.29 is 17.9 Å². The van der Waals surface area contributed by atoms with Gasteiger partial charge in [0.1, 0.15) is 11.6 Å². The van der Waals surface area contributed by atoms with Crippen LogP contribution in [0, 0.1) is 0 Å². The van der Waals surface area contributed by atoms with E-state index in [9.17, 15) is 18.0 Å². The van der Waals surface area contributed by atoms with Gasteiger partial charge in [-0.25, -0.2) is 4.68 Å². The number of hydrogen-bond acceptors (Lipinski definition) is 3. The molecule has 0 saturated carbocycles. The first kappa shape index (κ1) is 14.3. The normalized spacial score (nSPS) is 11.8. The molecule has 4 nitrogen and oxygen atoms in total. The van der Waals surface area contributed by atoms with Gasteiger partial charge in [-0.3, -0.25) is 4.79 Å². The Kier molecular flexibility index (Phi) is 4.79. The summed E-state index contributed by atoms with van der Waals surface area (Å²) in [6, 6.07) is 0. The molecule has 0 aromatic carbocycles. The first-order valence-corrected chi connectivity index (χ1v) is 5.12. The number of alkyl halides is 3. The summed E-state index contributed by atoms with van der Waals surface area (Å²) in [5, 5.41) is 3.36. The molecule has 1 aromatic heterocycles. The molecule has 96 valence electrons. The Balaban J connectivity index is 2.54. The molecule has 0 aliphatic carbocycles. The largest absolute Gasteiger partial charge is 0.411 e. The van der Waals surface area contributed by atoms with Crippen LogP contribution in [0.3, 0.4) is 0 Å². The predicted molar refractivity (Wildman–Crippen MR) is 55.4 cm³/mol. The Bertz CT molecular complexity index is 447. The highest BCUT2D eigenvalue weighted by atomic mass is 35.5. The Morgan fingerprint density at radius 3 is 2.65 bits per heavy atom. The van der Waals surface area contributed by atoms with Crippen LogP contribution in [0.4, 0.5) is 13.2 Å². The van der Waals surface area contributed by atoms with Gasteiger partial charge >= 0.3 is 6.18 Å². The zero-order valence-electron chi connectivity index (χ0n) is 8.30. The molecule has 0 fully saturated rings. The summed E-state index contributed by atoms with van der Waals surface area (Å²) in [7, 11) is 0. The van der Waals surface area contributed by atoms with Gasteiger partial charge in [0, 0.05) is 0 Å². The van der Waals surface area contributed by atoms with Gasteiger partial charge in [-0.2, -0.15) is 18.3 Å². The highest BCUT2D eigenvalue weighted by Gasteiger charge is 2.27. The minimum atomic E-state index is -4.39. The fourth-order valence-electron chi connectivity index (χ4n) is 0.943. The van der Waals surface area contributed by atoms with Crippen molar-refractivity contribution in [2.24, 2.45) is 0 Å². The van der Waals surface area contributed by atoms with E-state index in [1.165, 1.54) is 0 Å². The van der Waals surface area contributed by atoms with Crippen LogP contribution in [0.2, 0.25) is 10.0 Å². The SMILES string of the molecule is O=c1c(Cl)c(Cl)cnn1CCOCC(F)(F)F. The predicted octanol–water partition coefficient (Wildman–Crippen LogP) is 2.13. The van der Waals surface area contributed by atoms with Gasteiger partial charge in [0.2, 0.25) is 0 Å². The van der Waals surface area contributed by atoms with E-state index in [-0.39, 0.29) is 23.2 Å². The molecule has 0 atom stereocenters. The van der Waals surface area contributed by atoms with Crippen LogP contribution in [-0.2, 0) is 11.3 Å². The summed E-state index contributed by atoms with van der Waals surface area (Å²) in [5.74, 6) is 0. The van der Waals surface area contributed by atoms with Gasteiger partial charge in [0.05, 0.1) is 24.4 Å². The van der Waals surface area contributed by atoms with Crippen molar-refractivity contribution >= 4 is 23.2 Å². The summed E-state index contributed by atoms with van der Waals surface area (Å²) in [6.45, 7) is -1.81. The molecule has 17 heavy (non-hydrogen) atoms. The maximum Gasteiger partial charge on any atom is 0.411 e. The molecular weight excluding hydrogens is 284 g/mol. The lowest BCUT2D eigenvalue weighted by atomic mass is 10.5. The molecule has 0 N–H and O–H groups in total. The summed E-state index contributed by atoms with van der Waals surface area (Å²) in [6.07, 6.45) is -3.26. The van der Waals surface area contributed by atoms with Gasteiger partial charge in [-0.15, -0.1) is 0 Å². The van der Waals surface area contributed by atoms with E-state index in [1.807, 2.05) is 0 Å². The third-order valence-corrected chi connectivity index (χ3v) is 2.40. The second-order valence-electron chi connectivity index (χ2n) is 3.00. The molecular formula is C8H7Cl2F3N2O2. The molecule has 0 radical (unpaired) electrons. The van der Waals surface area contributed by atoms with Gasteiger partial charge < -0.3 is 4.74 Å². The van der Waals surface area contributed by atoms with Crippen molar-refractivity contribution in [2.45, 2.75) is 12.7 Å². The minimum absolute atomic E-state index is 0.0101. The number of hydrogen-bond donors (Lipinski definition) is 0. The van der Waals surface area contributed by atoms with Crippen LogP contribution in [-0.4, -0.2) is 29.2 Å². The van der Waals surface area contributed by atoms with Gasteiger partial charge in [-0.05, 0) is 0 Å². The van der Waals surface area contributed by atoms with Crippen molar-refractivity contribution in [3.63, 3.8) is 0 Å². The van der Waals surface area contributed by atoms with E-state index in [0.717, 1.165) is 10.9 Å². The fraction of sp³-hybridized carbons (Fsp3) is 0.500. The van der Waals surface area contributed by atoms with Crippen molar-refractivity contribution in [3.05, 3.63) is 26.6 Å². The molecule has 9 heteroatoms. The molecule has 0 aliphatic rings. The molecule has 0 unspecified atom stereocenters. The third-order valence-electron chi connectivity index (χ3n) is 1.66. The Labute approximate surface area is 104 Å². The topological polar surface area (TPSA) is 44.1 Å². The van der Waals surface area contributed by atoms with Crippen LogP contribution in [0.15, 0.2) is 11.0 Å². The molecule has 0 aliphatic heterocycles. The van der Waals surface area contributed by atoms with Crippen LogP contribution in [0.25, 0.3) is 0 Å². The summed E-state index contributed by atoms with van der Waals surface area (Å²) < 4.78 is 40.4. The molecule has 1 heterocycles. The monoisotopic (exact) mass is 290 g/mol. The number of nitrogens with zero attached hydrogens (tertiary/aromatic N) is 2. The maximum absolute atomic E-state index is 11.7. The van der Waals surface area contributed by atoms with E-state index < -0.39 is 18.3 Å². The number of halogens is 5. The molecule has 0 bridgehead atoms. The van der Waals surface area contributed by atoms with Crippen molar-refractivity contribution in [1.29, 1.82) is 0 Å². The van der Waals surface area contributed by atoms with Crippen LogP contribution in [0.1, 0.15) is 0 Å². The number of rotatable bonds is 4. The van der Waals surface area contributed by atoms with Gasteiger partial charge in [0.25, 0.3) is 5.56 Å². The Hall–Kier alpha value is -0.790. The number of ether oxygens (including phenoxy) is 1. The van der Waals surface area contributed by atoms with E-state index in [4.69, 9.17) is 23.2 Å². The van der Waals surface area contributed by atoms with E-state index in [2.05, 4.69) is 9.84 Å². The van der Waals surface area contributed by atoms with E-state index in [1.54, 1.807) is 0 Å². The molecule has 1 aromatic rings. The van der Waals surface area contributed by atoms with Gasteiger partial charge in [-0.1, -0.05) is 23.2 Å². The lowest BCUT2D eigenvalue weighted by molar-refractivity contribution is -0.174. The van der Waals surface area contributed by atoms with E-state index >= 15 is 0 Å². The number of aromatic nitrogens is 2. The van der Waals surface area contributed by atoms with Crippen LogP contribution >= 0.6 is 23.2 Å². The smallest absolute Gasteiger partial charge is 0.370 e. The molecule has 0 saturated heterocycles. The van der Waals surface area contributed by atoms with Crippen LogP contribution < -0.4 is 5.56 Å². The van der Waals surface area contributed by atoms with Crippen molar-refractivity contribution in [3.8, 4) is 0 Å². The third kappa shape index (κ3) is 4.53.